The number of hydrogen-bond donors (Lipinski definition) is 1. The maximum atomic E-state index is 5.82. The number of nitrogens with zero attached hydrogens (tertiary/aromatic N) is 1. The van der Waals surface area contributed by atoms with Crippen molar-refractivity contribution in [1.82, 2.24) is 4.98 Å². The van der Waals surface area contributed by atoms with Gasteiger partial charge in [0.1, 0.15) is 16.7 Å². The van der Waals surface area contributed by atoms with Crippen LogP contribution in [0.15, 0.2) is 41.0 Å². The summed E-state index contributed by atoms with van der Waals surface area (Å²) >= 11 is 5.82. The van der Waals surface area contributed by atoms with Crippen LogP contribution in [0.2, 0.25) is 5.15 Å². The number of aryl methyl sites for hydroxylation is 1. The van der Waals surface area contributed by atoms with E-state index >= 15 is 0 Å². The third kappa shape index (κ3) is 3.79. The molecular weight excluding hydrogens is 236 g/mol. The minimum absolute atomic E-state index is 0.325. The number of hydrogen-bond acceptors (Lipinski definition) is 3. The standard InChI is InChI=1S/C13H15ClN2O/c1-10(7-8-11-4-3-9-17-11)15-13-6-2-5-12(14)16-13/h2-6,9-10H,7-8H2,1H3,(H,15,16). The fourth-order valence-corrected chi connectivity index (χ4v) is 1.79. The van der Waals surface area contributed by atoms with Crippen LogP contribution in [0.5, 0.6) is 0 Å². The molecule has 0 bridgehead atoms. The average molecular weight is 251 g/mol. The van der Waals surface area contributed by atoms with Crippen LogP contribution in [0, 0.1) is 0 Å². The van der Waals surface area contributed by atoms with Gasteiger partial charge in [0.15, 0.2) is 0 Å². The molecule has 2 aromatic heterocycles. The topological polar surface area (TPSA) is 38.1 Å². The van der Waals surface area contributed by atoms with Crippen molar-refractivity contribution in [3.8, 4) is 0 Å². The molecule has 0 aliphatic heterocycles. The van der Waals surface area contributed by atoms with Gasteiger partial charge in [-0.1, -0.05) is 17.7 Å². The Hall–Kier alpha value is -1.48. The molecule has 17 heavy (non-hydrogen) atoms. The van der Waals surface area contributed by atoms with Crippen LogP contribution in [-0.4, -0.2) is 11.0 Å². The van der Waals surface area contributed by atoms with E-state index in [9.17, 15) is 0 Å². The quantitative estimate of drug-likeness (QED) is 0.821. The highest BCUT2D eigenvalue weighted by Crippen LogP contribution is 2.12. The van der Waals surface area contributed by atoms with Gasteiger partial charge < -0.3 is 9.73 Å². The Morgan fingerprint density at radius 1 is 1.35 bits per heavy atom. The van der Waals surface area contributed by atoms with Crippen LogP contribution in [0.3, 0.4) is 0 Å². The summed E-state index contributed by atoms with van der Waals surface area (Å²) < 4.78 is 5.29. The molecular formula is C13H15ClN2O. The molecule has 3 nitrogen and oxygen atoms in total. The molecule has 90 valence electrons. The third-order valence-corrected chi connectivity index (χ3v) is 2.72. The maximum absolute atomic E-state index is 5.82. The van der Waals surface area contributed by atoms with Gasteiger partial charge in [0.2, 0.25) is 0 Å². The van der Waals surface area contributed by atoms with E-state index in [1.54, 1.807) is 12.3 Å². The van der Waals surface area contributed by atoms with Crippen molar-refractivity contribution < 1.29 is 4.42 Å². The van der Waals surface area contributed by atoms with Crippen LogP contribution in [-0.2, 0) is 6.42 Å². The molecule has 1 N–H and O–H groups in total. The Morgan fingerprint density at radius 3 is 2.94 bits per heavy atom. The Morgan fingerprint density at radius 2 is 2.24 bits per heavy atom. The lowest BCUT2D eigenvalue weighted by Crippen LogP contribution is -2.16. The maximum Gasteiger partial charge on any atom is 0.131 e. The minimum atomic E-state index is 0.325. The second kappa shape index (κ2) is 5.73. The number of halogens is 1. The Balaban J connectivity index is 1.83. The van der Waals surface area contributed by atoms with Crippen LogP contribution in [0.1, 0.15) is 19.1 Å². The zero-order chi connectivity index (χ0) is 12.1. The van der Waals surface area contributed by atoms with Crippen LogP contribution < -0.4 is 5.32 Å². The number of nitrogens with one attached hydrogen (secondary N) is 1. The Labute approximate surface area is 106 Å². The predicted octanol–water partition coefficient (Wildman–Crippen LogP) is 3.76. The van der Waals surface area contributed by atoms with E-state index in [-0.39, 0.29) is 0 Å². The molecule has 0 spiro atoms. The molecule has 0 saturated carbocycles. The van der Waals surface area contributed by atoms with E-state index in [0.717, 1.165) is 24.4 Å². The molecule has 0 fully saturated rings. The van der Waals surface area contributed by atoms with Gasteiger partial charge in [-0.25, -0.2) is 4.98 Å². The van der Waals surface area contributed by atoms with Crippen LogP contribution in [0.25, 0.3) is 0 Å². The van der Waals surface area contributed by atoms with Gasteiger partial charge in [0.25, 0.3) is 0 Å². The first-order chi connectivity index (χ1) is 8.24. The predicted molar refractivity (Wildman–Crippen MR) is 69.4 cm³/mol. The number of anilines is 1. The number of pyridine rings is 1. The van der Waals surface area contributed by atoms with Crippen molar-refractivity contribution in [2.45, 2.75) is 25.8 Å². The van der Waals surface area contributed by atoms with Crippen molar-refractivity contribution in [2.24, 2.45) is 0 Å². The minimum Gasteiger partial charge on any atom is -0.469 e. The van der Waals surface area contributed by atoms with E-state index in [2.05, 4.69) is 17.2 Å². The van der Waals surface area contributed by atoms with Crippen LogP contribution >= 0.6 is 11.6 Å². The monoisotopic (exact) mass is 250 g/mol. The fraction of sp³-hybridized carbons (Fsp3) is 0.308. The zero-order valence-corrected chi connectivity index (χ0v) is 10.4. The van der Waals surface area contributed by atoms with Crippen molar-refractivity contribution in [1.29, 1.82) is 0 Å². The van der Waals surface area contributed by atoms with Crippen LogP contribution in [0.4, 0.5) is 5.82 Å². The highest BCUT2D eigenvalue weighted by Gasteiger charge is 2.05. The summed E-state index contributed by atoms with van der Waals surface area (Å²) in [4.78, 5) is 4.19. The summed E-state index contributed by atoms with van der Waals surface area (Å²) in [6, 6.07) is 9.79. The lowest BCUT2D eigenvalue weighted by atomic mass is 10.1. The summed E-state index contributed by atoms with van der Waals surface area (Å²) in [5.74, 6) is 1.82. The first kappa shape index (κ1) is 12.0. The van der Waals surface area contributed by atoms with Gasteiger partial charge in [-0.3, -0.25) is 0 Å². The van der Waals surface area contributed by atoms with Gasteiger partial charge >= 0.3 is 0 Å². The second-order valence-corrected chi connectivity index (χ2v) is 4.40. The first-order valence-electron chi connectivity index (χ1n) is 5.65. The van der Waals surface area contributed by atoms with Crippen molar-refractivity contribution >= 4 is 17.4 Å². The van der Waals surface area contributed by atoms with Crippen molar-refractivity contribution in [3.63, 3.8) is 0 Å². The highest BCUT2D eigenvalue weighted by atomic mass is 35.5. The lowest BCUT2D eigenvalue weighted by Gasteiger charge is -2.13. The molecule has 0 amide bonds. The molecule has 0 aliphatic rings. The molecule has 0 saturated heterocycles. The summed E-state index contributed by atoms with van der Waals surface area (Å²) in [6.07, 6.45) is 3.61. The molecule has 2 heterocycles. The van der Waals surface area contributed by atoms with Gasteiger partial charge in [-0.15, -0.1) is 0 Å². The summed E-state index contributed by atoms with van der Waals surface area (Å²) in [5, 5.41) is 3.82. The first-order valence-corrected chi connectivity index (χ1v) is 6.03. The van der Waals surface area contributed by atoms with Crippen molar-refractivity contribution in [3.05, 3.63) is 47.5 Å². The van der Waals surface area contributed by atoms with Gasteiger partial charge in [-0.2, -0.15) is 0 Å². The lowest BCUT2D eigenvalue weighted by molar-refractivity contribution is 0.495. The average Bonchev–Trinajstić information content (AvgIpc) is 2.79. The Kier molecular flexibility index (Phi) is 4.04. The largest absolute Gasteiger partial charge is 0.469 e. The van der Waals surface area contributed by atoms with E-state index in [4.69, 9.17) is 16.0 Å². The molecule has 0 aromatic carbocycles. The molecule has 2 rings (SSSR count). The number of rotatable bonds is 5. The number of furan rings is 1. The fourth-order valence-electron chi connectivity index (χ4n) is 1.63. The molecule has 1 unspecified atom stereocenters. The zero-order valence-electron chi connectivity index (χ0n) is 9.69. The Bertz CT molecular complexity index is 456. The van der Waals surface area contributed by atoms with E-state index in [0.29, 0.717) is 11.2 Å². The summed E-state index contributed by atoms with van der Waals surface area (Å²) in [7, 11) is 0. The van der Waals surface area contributed by atoms with E-state index in [1.807, 2.05) is 24.3 Å². The van der Waals surface area contributed by atoms with Gasteiger partial charge in [0.05, 0.1) is 6.26 Å². The SMILES string of the molecule is CC(CCc1ccco1)Nc1cccc(Cl)n1. The normalized spacial score (nSPS) is 12.4. The van der Waals surface area contributed by atoms with E-state index < -0.39 is 0 Å². The molecule has 0 radical (unpaired) electrons. The van der Waals surface area contributed by atoms with Crippen molar-refractivity contribution in [2.75, 3.05) is 5.32 Å². The molecule has 2 aromatic rings. The summed E-state index contributed by atoms with van der Waals surface area (Å²) in [5.41, 5.74) is 0. The van der Waals surface area contributed by atoms with Gasteiger partial charge in [0, 0.05) is 12.5 Å². The van der Waals surface area contributed by atoms with Gasteiger partial charge in [-0.05, 0) is 37.6 Å². The van der Waals surface area contributed by atoms with E-state index in [1.165, 1.54) is 0 Å². The smallest absolute Gasteiger partial charge is 0.131 e. The second-order valence-electron chi connectivity index (χ2n) is 4.01. The molecule has 1 atom stereocenters. The number of aromatic nitrogens is 1. The molecule has 4 heteroatoms. The summed E-state index contributed by atoms with van der Waals surface area (Å²) in [6.45, 7) is 2.12. The molecule has 0 aliphatic carbocycles. The third-order valence-electron chi connectivity index (χ3n) is 2.51. The highest BCUT2D eigenvalue weighted by molar-refractivity contribution is 6.29.